The highest BCUT2D eigenvalue weighted by Crippen LogP contribution is 2.24. The van der Waals surface area contributed by atoms with Crippen LogP contribution in [-0.4, -0.2) is 40.5 Å². The first kappa shape index (κ1) is 19.9. The van der Waals surface area contributed by atoms with Crippen molar-refractivity contribution >= 4 is 28.6 Å². The summed E-state index contributed by atoms with van der Waals surface area (Å²) in [5, 5.41) is 3.97. The lowest BCUT2D eigenvalue weighted by Gasteiger charge is -2.24. The SMILES string of the molecule is COCCn1c(SC(C)C(=O)NC2CCCCC2)nc2ccccc2c1=O. The molecule has 1 saturated carbocycles. The molecule has 6 nitrogen and oxygen atoms in total. The van der Waals surface area contributed by atoms with E-state index in [-0.39, 0.29) is 22.8 Å². The van der Waals surface area contributed by atoms with Crippen LogP contribution in [0.15, 0.2) is 34.2 Å². The topological polar surface area (TPSA) is 73.2 Å². The molecule has 1 atom stereocenters. The van der Waals surface area contributed by atoms with Gasteiger partial charge in [0.25, 0.3) is 5.56 Å². The molecule has 0 radical (unpaired) electrons. The molecule has 1 aromatic heterocycles. The van der Waals surface area contributed by atoms with Gasteiger partial charge in [0.2, 0.25) is 5.91 Å². The maximum atomic E-state index is 12.9. The minimum absolute atomic E-state index is 0.00704. The number of rotatable bonds is 7. The maximum Gasteiger partial charge on any atom is 0.262 e. The Labute approximate surface area is 163 Å². The summed E-state index contributed by atoms with van der Waals surface area (Å²) in [6.45, 7) is 2.69. The molecule has 1 unspecified atom stereocenters. The molecule has 2 aromatic rings. The van der Waals surface area contributed by atoms with Crippen molar-refractivity contribution < 1.29 is 9.53 Å². The molecule has 1 heterocycles. The Bertz CT molecular complexity index is 846. The predicted molar refractivity (Wildman–Crippen MR) is 108 cm³/mol. The molecule has 1 N–H and O–H groups in total. The quantitative estimate of drug-likeness (QED) is 0.582. The van der Waals surface area contributed by atoms with Crippen LogP contribution in [-0.2, 0) is 16.1 Å². The number of ether oxygens (including phenoxy) is 1. The van der Waals surface area contributed by atoms with E-state index in [1.54, 1.807) is 17.7 Å². The van der Waals surface area contributed by atoms with Crippen LogP contribution in [0.1, 0.15) is 39.0 Å². The van der Waals surface area contributed by atoms with Crippen LogP contribution in [0.2, 0.25) is 0 Å². The average molecular weight is 390 g/mol. The average Bonchev–Trinajstić information content (AvgIpc) is 2.68. The van der Waals surface area contributed by atoms with Crippen molar-refractivity contribution in [3.63, 3.8) is 0 Å². The summed E-state index contributed by atoms with van der Waals surface area (Å²) < 4.78 is 6.76. The molecule has 146 valence electrons. The van der Waals surface area contributed by atoms with Crippen molar-refractivity contribution in [3.05, 3.63) is 34.6 Å². The van der Waals surface area contributed by atoms with Crippen molar-refractivity contribution in [2.45, 2.75) is 62.0 Å². The van der Waals surface area contributed by atoms with Gasteiger partial charge in [-0.2, -0.15) is 0 Å². The van der Waals surface area contributed by atoms with Crippen molar-refractivity contribution in [2.24, 2.45) is 0 Å². The molecule has 0 bridgehead atoms. The first-order chi connectivity index (χ1) is 13.1. The number of hydrogen-bond acceptors (Lipinski definition) is 5. The van der Waals surface area contributed by atoms with Gasteiger partial charge in [0.15, 0.2) is 5.16 Å². The number of nitrogens with one attached hydrogen (secondary N) is 1. The number of methoxy groups -OCH3 is 1. The number of carbonyl (C=O) groups excluding carboxylic acids is 1. The molecule has 3 rings (SSSR count). The monoisotopic (exact) mass is 389 g/mol. The van der Waals surface area contributed by atoms with Gasteiger partial charge in [-0.15, -0.1) is 0 Å². The number of nitrogens with zero attached hydrogens (tertiary/aromatic N) is 2. The molecule has 1 aliphatic rings. The number of para-hydroxylation sites is 1. The third kappa shape index (κ3) is 4.90. The van der Waals surface area contributed by atoms with E-state index in [1.165, 1.54) is 31.0 Å². The van der Waals surface area contributed by atoms with E-state index in [1.807, 2.05) is 25.1 Å². The van der Waals surface area contributed by atoms with Gasteiger partial charge < -0.3 is 10.1 Å². The molecule has 1 amide bonds. The molecule has 0 aliphatic heterocycles. The Balaban J connectivity index is 1.81. The standard InChI is InChI=1S/C20H27N3O3S/c1-14(18(24)21-15-8-4-3-5-9-15)27-20-22-17-11-7-6-10-16(17)19(25)23(20)12-13-26-2/h6-7,10-11,14-15H,3-5,8-9,12-13H2,1-2H3,(H,21,24). The van der Waals surface area contributed by atoms with Crippen molar-refractivity contribution in [1.82, 2.24) is 14.9 Å². The third-order valence-electron chi connectivity index (χ3n) is 4.95. The Hall–Kier alpha value is -1.86. The fraction of sp³-hybridized carbons (Fsp3) is 0.550. The Kier molecular flexibility index (Phi) is 6.90. The normalized spacial score (nSPS) is 16.4. The Morgan fingerprint density at radius 3 is 2.81 bits per heavy atom. The van der Waals surface area contributed by atoms with Gasteiger partial charge in [0, 0.05) is 13.2 Å². The van der Waals surface area contributed by atoms with Crippen LogP contribution in [0.4, 0.5) is 0 Å². The highest BCUT2D eigenvalue weighted by Gasteiger charge is 2.22. The zero-order chi connectivity index (χ0) is 19.2. The summed E-state index contributed by atoms with van der Waals surface area (Å²) in [6.07, 6.45) is 5.71. The third-order valence-corrected chi connectivity index (χ3v) is 6.04. The lowest BCUT2D eigenvalue weighted by molar-refractivity contribution is -0.121. The summed E-state index contributed by atoms with van der Waals surface area (Å²) in [5.74, 6) is 0.00704. The van der Waals surface area contributed by atoms with E-state index >= 15 is 0 Å². The summed E-state index contributed by atoms with van der Waals surface area (Å²) in [4.78, 5) is 30.1. The first-order valence-corrected chi connectivity index (χ1v) is 10.4. The first-order valence-electron chi connectivity index (χ1n) is 9.55. The number of benzene rings is 1. The minimum atomic E-state index is -0.325. The van der Waals surface area contributed by atoms with E-state index in [0.717, 1.165) is 12.8 Å². The second-order valence-electron chi connectivity index (χ2n) is 6.96. The van der Waals surface area contributed by atoms with Gasteiger partial charge >= 0.3 is 0 Å². The van der Waals surface area contributed by atoms with Gasteiger partial charge in [-0.1, -0.05) is 43.2 Å². The molecular formula is C20H27N3O3S. The lowest BCUT2D eigenvalue weighted by atomic mass is 9.95. The molecule has 1 aliphatic carbocycles. The van der Waals surface area contributed by atoms with Gasteiger partial charge in [0.05, 0.1) is 29.3 Å². The molecule has 1 fully saturated rings. The van der Waals surface area contributed by atoms with Crippen LogP contribution >= 0.6 is 11.8 Å². The molecular weight excluding hydrogens is 362 g/mol. The van der Waals surface area contributed by atoms with E-state index < -0.39 is 0 Å². The van der Waals surface area contributed by atoms with E-state index in [0.29, 0.717) is 29.2 Å². The predicted octanol–water partition coefficient (Wildman–Crippen LogP) is 2.97. The smallest absolute Gasteiger partial charge is 0.262 e. The van der Waals surface area contributed by atoms with Crippen LogP contribution in [0.25, 0.3) is 10.9 Å². The number of hydrogen-bond donors (Lipinski definition) is 1. The fourth-order valence-electron chi connectivity index (χ4n) is 3.39. The largest absolute Gasteiger partial charge is 0.383 e. The van der Waals surface area contributed by atoms with Gasteiger partial charge in [-0.25, -0.2) is 4.98 Å². The van der Waals surface area contributed by atoms with Crippen molar-refractivity contribution in [1.29, 1.82) is 0 Å². The summed E-state index contributed by atoms with van der Waals surface area (Å²) in [6, 6.07) is 7.58. The summed E-state index contributed by atoms with van der Waals surface area (Å²) >= 11 is 1.33. The van der Waals surface area contributed by atoms with E-state index in [2.05, 4.69) is 10.3 Å². The van der Waals surface area contributed by atoms with Crippen LogP contribution < -0.4 is 10.9 Å². The number of thioether (sulfide) groups is 1. The second kappa shape index (κ2) is 9.37. The molecule has 0 saturated heterocycles. The van der Waals surface area contributed by atoms with Gasteiger partial charge in [-0.05, 0) is 31.9 Å². The van der Waals surface area contributed by atoms with Crippen molar-refractivity contribution in [3.8, 4) is 0 Å². The highest BCUT2D eigenvalue weighted by atomic mass is 32.2. The number of amides is 1. The lowest BCUT2D eigenvalue weighted by Crippen LogP contribution is -2.40. The minimum Gasteiger partial charge on any atom is -0.383 e. The number of aromatic nitrogens is 2. The van der Waals surface area contributed by atoms with Gasteiger partial charge in [-0.3, -0.25) is 14.2 Å². The van der Waals surface area contributed by atoms with Crippen LogP contribution in [0, 0.1) is 0 Å². The second-order valence-corrected chi connectivity index (χ2v) is 8.27. The van der Waals surface area contributed by atoms with E-state index in [9.17, 15) is 9.59 Å². The van der Waals surface area contributed by atoms with Crippen molar-refractivity contribution in [2.75, 3.05) is 13.7 Å². The number of carbonyl (C=O) groups is 1. The highest BCUT2D eigenvalue weighted by molar-refractivity contribution is 8.00. The zero-order valence-electron chi connectivity index (χ0n) is 15.9. The van der Waals surface area contributed by atoms with Crippen LogP contribution in [0.3, 0.4) is 0 Å². The summed E-state index contributed by atoms with van der Waals surface area (Å²) in [7, 11) is 1.60. The molecule has 27 heavy (non-hydrogen) atoms. The number of fused-ring (bicyclic) bond motifs is 1. The molecule has 7 heteroatoms. The molecule has 0 spiro atoms. The fourth-order valence-corrected chi connectivity index (χ4v) is 4.34. The summed E-state index contributed by atoms with van der Waals surface area (Å²) in [5.41, 5.74) is 0.554. The van der Waals surface area contributed by atoms with Crippen LogP contribution in [0.5, 0.6) is 0 Å². The maximum absolute atomic E-state index is 12.9. The van der Waals surface area contributed by atoms with E-state index in [4.69, 9.17) is 4.74 Å². The Morgan fingerprint density at radius 1 is 1.33 bits per heavy atom. The van der Waals surface area contributed by atoms with Gasteiger partial charge in [0.1, 0.15) is 0 Å². The Morgan fingerprint density at radius 2 is 2.07 bits per heavy atom. The zero-order valence-corrected chi connectivity index (χ0v) is 16.8. The molecule has 1 aromatic carbocycles.